The summed E-state index contributed by atoms with van der Waals surface area (Å²) in [5.74, 6) is -0.750. The molecule has 0 unspecified atom stereocenters. The van der Waals surface area contributed by atoms with Gasteiger partial charge in [-0.1, -0.05) is 0 Å². The number of rotatable bonds is 6. The van der Waals surface area contributed by atoms with E-state index in [0.717, 1.165) is 24.5 Å². The van der Waals surface area contributed by atoms with Crippen LogP contribution in [0.25, 0.3) is 0 Å². The van der Waals surface area contributed by atoms with Crippen molar-refractivity contribution in [1.29, 1.82) is 0 Å². The van der Waals surface area contributed by atoms with Crippen molar-refractivity contribution in [2.75, 3.05) is 25.1 Å². The van der Waals surface area contributed by atoms with Gasteiger partial charge in [-0.3, -0.25) is 0 Å². The molecule has 0 aliphatic heterocycles. The quantitative estimate of drug-likeness (QED) is 0.396. The second-order valence-corrected chi connectivity index (χ2v) is 6.75. The highest BCUT2D eigenvalue weighted by molar-refractivity contribution is 14.0. The molecule has 0 amide bonds. The van der Waals surface area contributed by atoms with Gasteiger partial charge in [0.05, 0.1) is 12.3 Å². The smallest absolute Gasteiger partial charge is 0.191 e. The van der Waals surface area contributed by atoms with Crippen molar-refractivity contribution in [2.24, 2.45) is 4.99 Å². The maximum atomic E-state index is 13.5. The van der Waals surface area contributed by atoms with Crippen LogP contribution in [0.3, 0.4) is 0 Å². The normalized spacial score (nSPS) is 11.7. The molecule has 1 aromatic rings. The first-order valence-corrected chi connectivity index (χ1v) is 8.51. The minimum atomic E-state index is -3.07. The van der Waals surface area contributed by atoms with Crippen molar-refractivity contribution in [3.05, 3.63) is 35.4 Å². The Bertz CT molecular complexity index is 609. The fourth-order valence-corrected chi connectivity index (χ4v) is 2.00. The molecule has 0 saturated heterocycles. The summed E-state index contributed by atoms with van der Waals surface area (Å²) in [4.78, 5) is 4.10. The van der Waals surface area contributed by atoms with E-state index >= 15 is 0 Å². The van der Waals surface area contributed by atoms with E-state index in [4.69, 9.17) is 0 Å². The third-order valence-corrected chi connectivity index (χ3v) is 3.47. The van der Waals surface area contributed by atoms with Gasteiger partial charge in [0.1, 0.15) is 21.5 Å². The van der Waals surface area contributed by atoms with Crippen molar-refractivity contribution >= 4 is 39.8 Å². The van der Waals surface area contributed by atoms with Crippen LogP contribution in [0.5, 0.6) is 0 Å². The molecule has 0 saturated carbocycles. The number of nitrogens with one attached hydrogen (secondary N) is 2. The Hall–Kier alpha value is -0.970. The lowest BCUT2D eigenvalue weighted by Gasteiger charge is -2.11. The molecule has 0 radical (unpaired) electrons. The standard InChI is InChI=1S/C13H19F2N3O2S.HI/c1-3-16-13(17-6-7-21(2,19)20)18-9-10-8-11(14)4-5-12(10)15;/h4-5,8H,3,6-7,9H2,1-2H3,(H2,16,17,18);1H. The largest absolute Gasteiger partial charge is 0.357 e. The van der Waals surface area contributed by atoms with Crippen LogP contribution in [0.2, 0.25) is 0 Å². The van der Waals surface area contributed by atoms with Crippen LogP contribution in [0.4, 0.5) is 8.78 Å². The first kappa shape index (κ1) is 21.0. The monoisotopic (exact) mass is 447 g/mol. The van der Waals surface area contributed by atoms with Crippen LogP contribution in [0, 0.1) is 11.6 Å². The van der Waals surface area contributed by atoms with Gasteiger partial charge >= 0.3 is 0 Å². The summed E-state index contributed by atoms with van der Waals surface area (Å²) >= 11 is 0. The van der Waals surface area contributed by atoms with Crippen molar-refractivity contribution in [3.63, 3.8) is 0 Å². The Morgan fingerprint density at radius 1 is 1.27 bits per heavy atom. The molecule has 0 spiro atoms. The topological polar surface area (TPSA) is 70.6 Å². The number of sulfone groups is 1. The zero-order valence-electron chi connectivity index (χ0n) is 12.4. The number of hydrogen-bond acceptors (Lipinski definition) is 3. The van der Waals surface area contributed by atoms with E-state index in [1.54, 1.807) is 0 Å². The number of aliphatic imine (C=N–C) groups is 1. The first-order chi connectivity index (χ1) is 9.81. The second kappa shape index (κ2) is 9.93. The molecular weight excluding hydrogens is 427 g/mol. The molecule has 2 N–H and O–H groups in total. The lowest BCUT2D eigenvalue weighted by Crippen LogP contribution is -2.39. The number of hydrogen-bond donors (Lipinski definition) is 2. The predicted octanol–water partition coefficient (Wildman–Crippen LogP) is 1.68. The molecule has 0 heterocycles. The maximum absolute atomic E-state index is 13.5. The minimum Gasteiger partial charge on any atom is -0.357 e. The van der Waals surface area contributed by atoms with E-state index < -0.39 is 21.5 Å². The maximum Gasteiger partial charge on any atom is 0.191 e. The summed E-state index contributed by atoms with van der Waals surface area (Å²) < 4.78 is 48.6. The number of guanidine groups is 1. The van der Waals surface area contributed by atoms with Gasteiger partial charge in [0.15, 0.2) is 5.96 Å². The Labute approximate surface area is 146 Å². The van der Waals surface area contributed by atoms with Crippen molar-refractivity contribution < 1.29 is 17.2 Å². The Balaban J connectivity index is 0.00000441. The third-order valence-electron chi connectivity index (χ3n) is 2.52. The van der Waals surface area contributed by atoms with E-state index in [9.17, 15) is 17.2 Å². The molecular formula is C13H20F2IN3O2S. The third kappa shape index (κ3) is 8.47. The average Bonchev–Trinajstić information content (AvgIpc) is 2.38. The van der Waals surface area contributed by atoms with Gasteiger partial charge in [-0.2, -0.15) is 0 Å². The minimum absolute atomic E-state index is 0. The highest BCUT2D eigenvalue weighted by Crippen LogP contribution is 2.10. The van der Waals surface area contributed by atoms with Crippen molar-refractivity contribution in [3.8, 4) is 0 Å². The number of nitrogens with zero attached hydrogens (tertiary/aromatic N) is 1. The van der Waals surface area contributed by atoms with Gasteiger partial charge in [0.25, 0.3) is 0 Å². The Kier molecular flexibility index (Phi) is 9.49. The zero-order chi connectivity index (χ0) is 15.9. The lowest BCUT2D eigenvalue weighted by atomic mass is 10.2. The van der Waals surface area contributed by atoms with E-state index in [1.807, 2.05) is 6.92 Å². The molecule has 0 atom stereocenters. The second-order valence-electron chi connectivity index (χ2n) is 4.49. The molecule has 0 aliphatic rings. The molecule has 9 heteroatoms. The highest BCUT2D eigenvalue weighted by atomic mass is 127. The van der Waals surface area contributed by atoms with Gasteiger partial charge < -0.3 is 10.6 Å². The van der Waals surface area contributed by atoms with Crippen LogP contribution < -0.4 is 10.6 Å². The molecule has 1 aromatic carbocycles. The molecule has 0 aromatic heterocycles. The molecule has 22 heavy (non-hydrogen) atoms. The van der Waals surface area contributed by atoms with Gasteiger partial charge in [0, 0.05) is 24.9 Å². The fourth-order valence-electron chi connectivity index (χ4n) is 1.53. The van der Waals surface area contributed by atoms with Gasteiger partial charge in [-0.25, -0.2) is 22.2 Å². The first-order valence-electron chi connectivity index (χ1n) is 6.45. The summed E-state index contributed by atoms with van der Waals surface area (Å²) in [5.41, 5.74) is 0.135. The number of halogens is 3. The Morgan fingerprint density at radius 2 is 1.95 bits per heavy atom. The van der Waals surface area contributed by atoms with Gasteiger partial charge in [0.2, 0.25) is 0 Å². The van der Waals surface area contributed by atoms with E-state index in [-0.39, 0.29) is 48.4 Å². The summed E-state index contributed by atoms with van der Waals surface area (Å²) in [5, 5.41) is 5.73. The summed E-state index contributed by atoms with van der Waals surface area (Å²) in [6.07, 6.45) is 1.14. The molecule has 126 valence electrons. The SMILES string of the molecule is CCNC(=NCc1cc(F)ccc1F)NCCS(C)(=O)=O.I. The molecule has 0 fully saturated rings. The Morgan fingerprint density at radius 3 is 2.55 bits per heavy atom. The number of benzene rings is 1. The van der Waals surface area contributed by atoms with Crippen LogP contribution in [-0.4, -0.2) is 39.5 Å². The summed E-state index contributed by atoms with van der Waals surface area (Å²) in [6.45, 7) is 2.56. The van der Waals surface area contributed by atoms with Crippen molar-refractivity contribution in [1.82, 2.24) is 10.6 Å². The van der Waals surface area contributed by atoms with Crippen LogP contribution in [-0.2, 0) is 16.4 Å². The fraction of sp³-hybridized carbons (Fsp3) is 0.462. The summed E-state index contributed by atoms with van der Waals surface area (Å²) in [7, 11) is -3.07. The summed E-state index contributed by atoms with van der Waals surface area (Å²) in [6, 6.07) is 3.17. The molecule has 1 rings (SSSR count). The highest BCUT2D eigenvalue weighted by Gasteiger charge is 2.05. The average molecular weight is 447 g/mol. The lowest BCUT2D eigenvalue weighted by molar-refractivity contribution is 0.585. The molecule has 0 aliphatic carbocycles. The van der Waals surface area contributed by atoms with E-state index in [0.29, 0.717) is 12.5 Å². The van der Waals surface area contributed by atoms with Crippen LogP contribution >= 0.6 is 24.0 Å². The molecule has 5 nitrogen and oxygen atoms in total. The van der Waals surface area contributed by atoms with E-state index in [1.165, 1.54) is 0 Å². The molecule has 0 bridgehead atoms. The van der Waals surface area contributed by atoms with Gasteiger partial charge in [-0.05, 0) is 25.1 Å². The zero-order valence-corrected chi connectivity index (χ0v) is 15.5. The van der Waals surface area contributed by atoms with Crippen LogP contribution in [0.1, 0.15) is 12.5 Å². The van der Waals surface area contributed by atoms with Crippen molar-refractivity contribution in [2.45, 2.75) is 13.5 Å². The predicted molar refractivity (Wildman–Crippen MR) is 94.3 cm³/mol. The van der Waals surface area contributed by atoms with Crippen LogP contribution in [0.15, 0.2) is 23.2 Å². The van der Waals surface area contributed by atoms with E-state index in [2.05, 4.69) is 15.6 Å². The van der Waals surface area contributed by atoms with Gasteiger partial charge in [-0.15, -0.1) is 24.0 Å².